The van der Waals surface area contributed by atoms with Gasteiger partial charge in [0.25, 0.3) is 0 Å². The van der Waals surface area contributed by atoms with Crippen LogP contribution in [0, 0.1) is 0 Å². The fourth-order valence-electron chi connectivity index (χ4n) is 1.07. The van der Waals surface area contributed by atoms with Gasteiger partial charge in [0.1, 0.15) is 11.4 Å². The second-order valence-corrected chi connectivity index (χ2v) is 2.81. The summed E-state index contributed by atoms with van der Waals surface area (Å²) in [7, 11) is 0. The minimum absolute atomic E-state index is 0.0256. The van der Waals surface area contributed by atoms with Gasteiger partial charge in [0.2, 0.25) is 0 Å². The predicted molar refractivity (Wildman–Crippen MR) is 46.7 cm³/mol. The molecule has 2 rings (SSSR count). The van der Waals surface area contributed by atoms with Crippen LogP contribution >= 0.6 is 0 Å². The Labute approximate surface area is 82.6 Å². The van der Waals surface area contributed by atoms with Crippen molar-refractivity contribution in [1.82, 2.24) is 9.97 Å². The average molecular weight is 214 g/mol. The van der Waals surface area contributed by atoms with Crippen molar-refractivity contribution in [3.05, 3.63) is 23.8 Å². The number of nitrogens with zero attached hydrogens (tertiary/aromatic N) is 4. The highest BCUT2D eigenvalue weighted by Crippen LogP contribution is 2.27. The molecule has 0 bridgehead atoms. The third-order valence-electron chi connectivity index (χ3n) is 1.75. The number of halogens is 3. The van der Waals surface area contributed by atoms with Gasteiger partial charge < -0.3 is 0 Å². The van der Waals surface area contributed by atoms with Gasteiger partial charge in [-0.2, -0.15) is 23.4 Å². The van der Waals surface area contributed by atoms with Crippen LogP contribution in [-0.2, 0) is 6.18 Å². The largest absolute Gasteiger partial charge is 0.433 e. The molecule has 0 radical (unpaired) electrons. The van der Waals surface area contributed by atoms with E-state index in [-0.39, 0.29) is 5.82 Å². The monoisotopic (exact) mass is 214 g/mol. The first kappa shape index (κ1) is 9.75. The van der Waals surface area contributed by atoms with Crippen LogP contribution in [0.4, 0.5) is 13.2 Å². The van der Waals surface area contributed by atoms with Gasteiger partial charge >= 0.3 is 6.18 Å². The lowest BCUT2D eigenvalue weighted by molar-refractivity contribution is -0.141. The lowest BCUT2D eigenvalue weighted by Crippen LogP contribution is -2.13. The van der Waals surface area contributed by atoms with Crippen LogP contribution in [-0.4, -0.2) is 21.9 Å². The lowest BCUT2D eigenvalue weighted by Gasteiger charge is -2.05. The standard InChI is InChI=1S/C8H5F3N4/c9-8(10,11)6-2-3-12-7(14-6)5-1-4-13-15-5/h2-4H,1H2. The van der Waals surface area contributed by atoms with Crippen molar-refractivity contribution < 1.29 is 13.2 Å². The van der Waals surface area contributed by atoms with Crippen LogP contribution in [0.1, 0.15) is 17.9 Å². The summed E-state index contributed by atoms with van der Waals surface area (Å²) >= 11 is 0. The topological polar surface area (TPSA) is 50.5 Å². The summed E-state index contributed by atoms with van der Waals surface area (Å²) in [4.78, 5) is 7.09. The van der Waals surface area contributed by atoms with Crippen molar-refractivity contribution in [3.8, 4) is 0 Å². The first-order valence-corrected chi connectivity index (χ1v) is 4.06. The van der Waals surface area contributed by atoms with E-state index in [4.69, 9.17) is 0 Å². The van der Waals surface area contributed by atoms with Crippen molar-refractivity contribution >= 4 is 11.9 Å². The quantitative estimate of drug-likeness (QED) is 0.714. The smallest absolute Gasteiger partial charge is 0.235 e. The van der Waals surface area contributed by atoms with Crippen molar-refractivity contribution in [3.63, 3.8) is 0 Å². The average Bonchev–Trinajstić information content (AvgIpc) is 2.69. The molecule has 1 aromatic rings. The molecule has 2 heterocycles. The Hall–Kier alpha value is -1.79. The first-order chi connectivity index (χ1) is 7.07. The van der Waals surface area contributed by atoms with E-state index in [0.717, 1.165) is 12.3 Å². The Kier molecular flexibility index (Phi) is 2.22. The summed E-state index contributed by atoms with van der Waals surface area (Å²) in [6.45, 7) is 0. The van der Waals surface area contributed by atoms with E-state index >= 15 is 0 Å². The van der Waals surface area contributed by atoms with Crippen LogP contribution in [0.3, 0.4) is 0 Å². The predicted octanol–water partition coefficient (Wildman–Crippen LogP) is 1.67. The van der Waals surface area contributed by atoms with Gasteiger partial charge in [-0.25, -0.2) is 9.97 Å². The molecule has 15 heavy (non-hydrogen) atoms. The Bertz CT molecular complexity index is 436. The molecular formula is C8H5F3N4. The van der Waals surface area contributed by atoms with Gasteiger partial charge in [0.05, 0.1) is 0 Å². The van der Waals surface area contributed by atoms with Gasteiger partial charge in [-0.3, -0.25) is 0 Å². The number of hydrogen-bond acceptors (Lipinski definition) is 4. The minimum Gasteiger partial charge on any atom is -0.235 e. The molecule has 78 valence electrons. The zero-order valence-electron chi connectivity index (χ0n) is 7.36. The van der Waals surface area contributed by atoms with Gasteiger partial charge in [-0.05, 0) is 6.07 Å². The van der Waals surface area contributed by atoms with Crippen LogP contribution in [0.2, 0.25) is 0 Å². The summed E-state index contributed by atoms with van der Waals surface area (Å²) < 4.78 is 36.9. The fourth-order valence-corrected chi connectivity index (χ4v) is 1.07. The third-order valence-corrected chi connectivity index (χ3v) is 1.75. The van der Waals surface area contributed by atoms with E-state index in [1.165, 1.54) is 6.21 Å². The fraction of sp³-hybridized carbons (Fsp3) is 0.250. The lowest BCUT2D eigenvalue weighted by atomic mass is 10.2. The SMILES string of the molecule is FC(F)(F)c1ccnc(C2=NN=CC2)n1. The van der Waals surface area contributed by atoms with Crippen molar-refractivity contribution in [2.24, 2.45) is 10.2 Å². The first-order valence-electron chi connectivity index (χ1n) is 4.06. The highest BCUT2D eigenvalue weighted by molar-refractivity contribution is 6.07. The second-order valence-electron chi connectivity index (χ2n) is 2.81. The number of hydrogen-bond donors (Lipinski definition) is 0. The molecule has 1 aromatic heterocycles. The van der Waals surface area contributed by atoms with E-state index in [0.29, 0.717) is 12.1 Å². The molecule has 4 nitrogen and oxygen atoms in total. The number of rotatable bonds is 1. The van der Waals surface area contributed by atoms with Gasteiger partial charge in [-0.15, -0.1) is 0 Å². The molecular weight excluding hydrogens is 209 g/mol. The molecule has 0 aromatic carbocycles. The summed E-state index contributed by atoms with van der Waals surface area (Å²) in [5.74, 6) is -0.0256. The Morgan fingerprint density at radius 3 is 2.67 bits per heavy atom. The maximum absolute atomic E-state index is 12.3. The zero-order valence-corrected chi connectivity index (χ0v) is 7.36. The van der Waals surface area contributed by atoms with Crippen molar-refractivity contribution in [1.29, 1.82) is 0 Å². The van der Waals surface area contributed by atoms with Crippen LogP contribution < -0.4 is 0 Å². The maximum atomic E-state index is 12.3. The normalized spacial score (nSPS) is 15.5. The molecule has 0 amide bonds. The van der Waals surface area contributed by atoms with Crippen LogP contribution in [0.5, 0.6) is 0 Å². The molecule has 0 unspecified atom stereocenters. The highest BCUT2D eigenvalue weighted by Gasteiger charge is 2.33. The molecule has 0 N–H and O–H groups in total. The Morgan fingerprint density at radius 1 is 1.27 bits per heavy atom. The molecule has 1 aliphatic heterocycles. The van der Waals surface area contributed by atoms with Gasteiger partial charge in [-0.1, -0.05) is 0 Å². The molecule has 7 heteroatoms. The molecule has 0 atom stereocenters. The van der Waals surface area contributed by atoms with Gasteiger partial charge in [0.15, 0.2) is 5.82 Å². The highest BCUT2D eigenvalue weighted by atomic mass is 19.4. The summed E-state index contributed by atoms with van der Waals surface area (Å²) in [5, 5.41) is 7.16. The summed E-state index contributed by atoms with van der Waals surface area (Å²) in [6, 6.07) is 0.819. The number of alkyl halides is 3. The summed E-state index contributed by atoms with van der Waals surface area (Å²) in [5.41, 5.74) is -0.622. The van der Waals surface area contributed by atoms with Crippen LogP contribution in [0.25, 0.3) is 0 Å². The molecule has 0 saturated heterocycles. The number of aromatic nitrogens is 2. The van der Waals surface area contributed by atoms with E-state index in [1.54, 1.807) is 0 Å². The Morgan fingerprint density at radius 2 is 2.07 bits per heavy atom. The van der Waals surface area contributed by atoms with Gasteiger partial charge in [0, 0.05) is 18.8 Å². The van der Waals surface area contributed by atoms with E-state index in [1.807, 2.05) is 0 Å². The molecule has 0 aliphatic carbocycles. The Balaban J connectivity index is 2.35. The second kappa shape index (κ2) is 3.41. The van der Waals surface area contributed by atoms with E-state index in [2.05, 4.69) is 20.2 Å². The molecule has 0 spiro atoms. The van der Waals surface area contributed by atoms with E-state index in [9.17, 15) is 13.2 Å². The molecule has 0 saturated carbocycles. The van der Waals surface area contributed by atoms with Crippen molar-refractivity contribution in [2.75, 3.05) is 0 Å². The minimum atomic E-state index is -4.46. The zero-order chi connectivity index (χ0) is 10.9. The van der Waals surface area contributed by atoms with E-state index < -0.39 is 11.9 Å². The maximum Gasteiger partial charge on any atom is 0.433 e. The third kappa shape index (κ3) is 2.00. The van der Waals surface area contributed by atoms with Crippen molar-refractivity contribution in [2.45, 2.75) is 12.6 Å². The molecule has 0 fully saturated rings. The summed E-state index contributed by atoms with van der Waals surface area (Å²) in [6.07, 6.45) is -1.55. The molecule has 1 aliphatic rings. The van der Waals surface area contributed by atoms with Crippen LogP contribution in [0.15, 0.2) is 22.5 Å².